The Labute approximate surface area is 257 Å². The summed E-state index contributed by atoms with van der Waals surface area (Å²) >= 11 is 0. The zero-order valence-corrected chi connectivity index (χ0v) is 24.6. The molecule has 0 bridgehead atoms. The van der Waals surface area contributed by atoms with Crippen LogP contribution >= 0.6 is 0 Å². The molecule has 3 aromatic rings. The number of rotatable bonds is 9. The number of phenolic OH excluding ortho intramolecular Hbond substituents is 2. The maximum atomic E-state index is 14.6. The van der Waals surface area contributed by atoms with E-state index < -0.39 is 22.9 Å². The first-order chi connectivity index (χ1) is 21.4. The molecule has 0 radical (unpaired) electrons. The van der Waals surface area contributed by atoms with Crippen molar-refractivity contribution in [3.63, 3.8) is 0 Å². The van der Waals surface area contributed by atoms with Gasteiger partial charge in [0.15, 0.2) is 40.3 Å². The lowest BCUT2D eigenvalue weighted by Gasteiger charge is -2.30. The molecule has 1 aliphatic carbocycles. The third kappa shape index (κ3) is 7.20. The molecule has 3 amide bonds. The number of hydrogen-bond acceptors (Lipinski definition) is 11. The van der Waals surface area contributed by atoms with Crippen LogP contribution in [0, 0.1) is 17.7 Å². The number of hydrogen-bond donors (Lipinski definition) is 7. The lowest BCUT2D eigenvalue weighted by molar-refractivity contribution is -0.129. The number of fused-ring (bicyclic) bond motifs is 1. The third-order valence-electron chi connectivity index (χ3n) is 7.56. The molecule has 2 aromatic heterocycles. The lowest BCUT2D eigenvalue weighted by Crippen LogP contribution is -2.46. The molecule has 236 valence electrons. The summed E-state index contributed by atoms with van der Waals surface area (Å²) in [7, 11) is 0. The fourth-order valence-corrected chi connectivity index (χ4v) is 5.00. The van der Waals surface area contributed by atoms with Crippen LogP contribution in [0.1, 0.15) is 39.5 Å². The number of ether oxygens (including phenoxy) is 1. The van der Waals surface area contributed by atoms with Crippen LogP contribution < -0.4 is 31.3 Å². The minimum absolute atomic E-state index is 0.0427. The van der Waals surface area contributed by atoms with Crippen LogP contribution in [0.4, 0.5) is 39.2 Å². The normalized spacial score (nSPS) is 18.4. The van der Waals surface area contributed by atoms with Crippen LogP contribution in [0.3, 0.4) is 0 Å². The second-order valence-electron chi connectivity index (χ2n) is 11.3. The highest BCUT2D eigenvalue weighted by Crippen LogP contribution is 2.39. The number of aromatic nitrogens is 3. The summed E-state index contributed by atoms with van der Waals surface area (Å²) < 4.78 is 20.3. The van der Waals surface area contributed by atoms with Gasteiger partial charge < -0.3 is 41.5 Å². The van der Waals surface area contributed by atoms with E-state index in [1.807, 2.05) is 0 Å². The number of halogens is 1. The van der Waals surface area contributed by atoms with Gasteiger partial charge in [-0.05, 0) is 69.7 Å². The Morgan fingerprint density at radius 2 is 1.91 bits per heavy atom. The summed E-state index contributed by atoms with van der Waals surface area (Å²) in [6, 6.07) is 5.68. The monoisotopic (exact) mass is 620 g/mol. The Hall–Kier alpha value is -5.47. The molecule has 1 saturated carbocycles. The second-order valence-corrected chi connectivity index (χ2v) is 11.3. The molecule has 45 heavy (non-hydrogen) atoms. The summed E-state index contributed by atoms with van der Waals surface area (Å²) in [5.41, 5.74) is -0.905. The Kier molecular flexibility index (Phi) is 8.70. The maximum Gasteiger partial charge on any atom is 0.269 e. The molecule has 3 heterocycles. The molecule has 1 fully saturated rings. The van der Waals surface area contributed by atoms with Crippen molar-refractivity contribution in [3.8, 4) is 17.2 Å². The van der Waals surface area contributed by atoms with E-state index in [1.165, 1.54) is 24.3 Å². The van der Waals surface area contributed by atoms with Crippen LogP contribution in [0.2, 0.25) is 0 Å². The quantitative estimate of drug-likeness (QED) is 0.103. The summed E-state index contributed by atoms with van der Waals surface area (Å²) in [6.45, 7) is 7.20. The van der Waals surface area contributed by atoms with E-state index in [1.54, 1.807) is 19.9 Å². The molecule has 5 rings (SSSR count). The number of benzene rings is 1. The highest BCUT2D eigenvalue weighted by Gasteiger charge is 2.36. The van der Waals surface area contributed by atoms with Gasteiger partial charge in [-0.3, -0.25) is 14.4 Å². The van der Waals surface area contributed by atoms with Crippen molar-refractivity contribution in [2.75, 3.05) is 27.8 Å². The van der Waals surface area contributed by atoms with Crippen molar-refractivity contribution in [3.05, 3.63) is 48.9 Å². The van der Waals surface area contributed by atoms with Crippen molar-refractivity contribution in [2.24, 2.45) is 11.8 Å². The Morgan fingerprint density at radius 1 is 1.16 bits per heavy atom. The highest BCUT2D eigenvalue weighted by molar-refractivity contribution is 5.99. The van der Waals surface area contributed by atoms with Crippen LogP contribution in [0.15, 0.2) is 43.1 Å². The van der Waals surface area contributed by atoms with Gasteiger partial charge in [0.05, 0.1) is 11.9 Å². The van der Waals surface area contributed by atoms with Gasteiger partial charge in [-0.2, -0.15) is 4.98 Å². The molecule has 15 heteroatoms. The zero-order valence-electron chi connectivity index (χ0n) is 24.6. The first-order valence-corrected chi connectivity index (χ1v) is 14.3. The smallest absolute Gasteiger partial charge is 0.269 e. The van der Waals surface area contributed by atoms with E-state index in [0.29, 0.717) is 25.1 Å². The Bertz CT molecular complexity index is 1660. The van der Waals surface area contributed by atoms with Gasteiger partial charge in [-0.15, -0.1) is 0 Å². The van der Waals surface area contributed by atoms with Crippen molar-refractivity contribution in [1.82, 2.24) is 20.3 Å². The van der Waals surface area contributed by atoms with E-state index in [2.05, 4.69) is 48.1 Å². The number of pyridine rings is 1. The first kappa shape index (κ1) is 31.0. The van der Waals surface area contributed by atoms with E-state index in [0.717, 1.165) is 19.0 Å². The fraction of sp³-hybridized carbons (Fsp3) is 0.333. The number of amides is 3. The van der Waals surface area contributed by atoms with Crippen LogP contribution in [0.25, 0.3) is 0 Å². The Balaban J connectivity index is 1.25. The van der Waals surface area contributed by atoms with E-state index >= 15 is 0 Å². The fourth-order valence-electron chi connectivity index (χ4n) is 5.00. The summed E-state index contributed by atoms with van der Waals surface area (Å²) in [5, 5.41) is 34.5. The number of anilines is 6. The lowest BCUT2D eigenvalue weighted by atomic mass is 9.81. The maximum absolute atomic E-state index is 14.6. The van der Waals surface area contributed by atoms with Gasteiger partial charge in [0.1, 0.15) is 5.82 Å². The number of carbonyl (C=O) groups is 3. The number of phenols is 2. The molecule has 1 aromatic carbocycles. The molecule has 7 N–H and O–H groups in total. The van der Waals surface area contributed by atoms with Crippen LogP contribution in [-0.2, 0) is 14.4 Å². The minimum Gasteiger partial charge on any atom is -0.504 e. The topological polar surface area (TPSA) is 200 Å². The van der Waals surface area contributed by atoms with Gasteiger partial charge in [0.25, 0.3) is 5.91 Å². The molecule has 0 saturated heterocycles. The number of nitrogens with zero attached hydrogens (tertiary/aromatic N) is 3. The van der Waals surface area contributed by atoms with E-state index in [9.17, 15) is 29.0 Å². The summed E-state index contributed by atoms with van der Waals surface area (Å²) in [5.74, 6) is -2.47. The number of carbonyl (C=O) groups excluding carboxylic acids is 3. The molecule has 1 aliphatic heterocycles. The van der Waals surface area contributed by atoms with Crippen LogP contribution in [-0.4, -0.2) is 55.0 Å². The number of aromatic hydroxyl groups is 2. The van der Waals surface area contributed by atoms with Gasteiger partial charge in [-0.1, -0.05) is 6.58 Å². The van der Waals surface area contributed by atoms with Crippen LogP contribution in [0.5, 0.6) is 17.2 Å². The number of nitrogens with one attached hydrogen (secondary N) is 5. The average molecular weight is 621 g/mol. The van der Waals surface area contributed by atoms with Gasteiger partial charge in [-0.25, -0.2) is 14.4 Å². The molecule has 2 aliphatic rings. The van der Waals surface area contributed by atoms with E-state index in [-0.39, 0.29) is 64.3 Å². The summed E-state index contributed by atoms with van der Waals surface area (Å²) in [6.07, 6.45) is 4.91. The zero-order chi connectivity index (χ0) is 32.3. The third-order valence-corrected chi connectivity index (χ3v) is 7.56. The van der Waals surface area contributed by atoms with Crippen molar-refractivity contribution in [2.45, 2.75) is 45.1 Å². The predicted molar refractivity (Wildman–Crippen MR) is 163 cm³/mol. The standard InChI is InChI=1S/C30H33FN8O6/c1-4-23(41)32-13-15-5-7-16(8-6-15)27(43)34-17-11-19(24(42)20(40)12-17)35-29-33-14-18(31)25(39-29)36-22-10-9-21-26(37-22)38-28(44)30(2,3)45-21/h4,9-12,14-16,40,42H,1,5-8,13H2,2-3H3,(H,32,41)(H,34,43)(H3,33,35,36,37,38,39,44). The Morgan fingerprint density at radius 3 is 2.64 bits per heavy atom. The van der Waals surface area contributed by atoms with Gasteiger partial charge in [0.2, 0.25) is 17.8 Å². The van der Waals surface area contributed by atoms with Gasteiger partial charge in [0, 0.05) is 24.2 Å². The molecule has 0 unspecified atom stereocenters. The molecular formula is C30H33FN8O6. The largest absolute Gasteiger partial charge is 0.504 e. The average Bonchev–Trinajstić information content (AvgIpc) is 3.00. The molecular weight excluding hydrogens is 587 g/mol. The van der Waals surface area contributed by atoms with E-state index in [4.69, 9.17) is 4.74 Å². The van der Waals surface area contributed by atoms with Crippen molar-refractivity contribution < 1.29 is 33.7 Å². The molecule has 0 atom stereocenters. The van der Waals surface area contributed by atoms with Crippen molar-refractivity contribution >= 4 is 52.5 Å². The SMILES string of the molecule is C=CC(=O)NCC1CCC(C(=O)Nc2cc(O)c(O)c(Nc3ncc(F)c(Nc4ccc5c(n4)NC(=O)C(C)(C)O5)n3)c2)CC1. The molecule has 0 spiro atoms. The predicted octanol–water partition coefficient (Wildman–Crippen LogP) is 4.07. The summed E-state index contributed by atoms with van der Waals surface area (Å²) in [4.78, 5) is 48.9. The van der Waals surface area contributed by atoms with Gasteiger partial charge >= 0.3 is 0 Å². The molecule has 14 nitrogen and oxygen atoms in total. The highest BCUT2D eigenvalue weighted by atomic mass is 19.1. The first-order valence-electron chi connectivity index (χ1n) is 14.3. The van der Waals surface area contributed by atoms with Crippen molar-refractivity contribution in [1.29, 1.82) is 0 Å². The minimum atomic E-state index is -1.07. The second kappa shape index (κ2) is 12.6.